The number of imide groups is 1. The summed E-state index contributed by atoms with van der Waals surface area (Å²) in [6.07, 6.45) is -8.21. The minimum atomic E-state index is -6.06. The number of hydrogen-bond donors (Lipinski definition) is 5. The van der Waals surface area contributed by atoms with Gasteiger partial charge in [0.05, 0.1) is 6.42 Å². The summed E-state index contributed by atoms with van der Waals surface area (Å²) in [6, 6.07) is 0. The third-order valence-corrected chi connectivity index (χ3v) is 7.05. The van der Waals surface area contributed by atoms with Crippen LogP contribution in [-0.2, 0) is 58.8 Å². The van der Waals surface area contributed by atoms with Crippen LogP contribution in [-0.4, -0.2) is 94.2 Å². The van der Waals surface area contributed by atoms with Crippen molar-refractivity contribution in [1.82, 2.24) is 5.06 Å². The van der Waals surface area contributed by atoms with Crippen LogP contribution in [0.25, 0.3) is 0 Å². The quantitative estimate of drug-likeness (QED) is 0.165. The molecule has 5 N–H and O–H groups in total. The average Bonchev–Trinajstić information content (AvgIpc) is 2.76. The summed E-state index contributed by atoms with van der Waals surface area (Å²) in [5.74, 6) is -9.17. The van der Waals surface area contributed by atoms with E-state index >= 15 is 0 Å². The Bertz CT molecular complexity index is 1040. The Morgan fingerprint density at radius 1 is 0.897 bits per heavy atom. The van der Waals surface area contributed by atoms with E-state index in [0.717, 1.165) is 0 Å². The zero-order valence-electron chi connectivity index (χ0n) is 13.2. The van der Waals surface area contributed by atoms with Crippen LogP contribution in [0.15, 0.2) is 0 Å². The SMILES string of the molecule is O=C(ON1C(=O)CC(S(=O)(=O)O)(S(=O)(=O)O)C1=O)C(O)C(O)C(=O)OS(=O)(=O)O. The van der Waals surface area contributed by atoms with Crippen molar-refractivity contribution in [2.24, 2.45) is 0 Å². The molecule has 0 aromatic carbocycles. The van der Waals surface area contributed by atoms with Crippen LogP contribution in [0.2, 0.25) is 0 Å². The van der Waals surface area contributed by atoms with Gasteiger partial charge in [0.1, 0.15) is 0 Å². The number of nitrogens with zero attached hydrogens (tertiary/aromatic N) is 1. The first-order valence-electron chi connectivity index (χ1n) is 6.36. The predicted molar refractivity (Wildman–Crippen MR) is 78.0 cm³/mol. The van der Waals surface area contributed by atoms with Gasteiger partial charge in [-0.1, -0.05) is 5.06 Å². The molecule has 21 heteroatoms. The summed E-state index contributed by atoms with van der Waals surface area (Å²) in [5.41, 5.74) is 0. The van der Waals surface area contributed by atoms with Crippen molar-refractivity contribution in [2.75, 3.05) is 0 Å². The lowest BCUT2D eigenvalue weighted by molar-refractivity contribution is -0.207. The highest BCUT2D eigenvalue weighted by Gasteiger charge is 2.70. The van der Waals surface area contributed by atoms with E-state index in [1.54, 1.807) is 0 Å². The van der Waals surface area contributed by atoms with E-state index in [-0.39, 0.29) is 0 Å². The first-order valence-corrected chi connectivity index (χ1v) is 10.6. The number of hydroxylamine groups is 2. The van der Waals surface area contributed by atoms with Crippen molar-refractivity contribution >= 4 is 54.4 Å². The highest BCUT2D eigenvalue weighted by Crippen LogP contribution is 2.36. The summed E-state index contributed by atoms with van der Waals surface area (Å²) in [5, 5.41) is 17.7. The van der Waals surface area contributed by atoms with Crippen LogP contribution >= 0.6 is 0 Å². The molecule has 0 aliphatic carbocycles. The van der Waals surface area contributed by atoms with Gasteiger partial charge >= 0.3 is 32.3 Å². The second-order valence-electron chi connectivity index (χ2n) is 5.00. The third-order valence-electron chi connectivity index (χ3n) is 3.10. The Balaban J connectivity index is 3.16. The second kappa shape index (κ2) is 7.52. The Morgan fingerprint density at radius 3 is 1.66 bits per heavy atom. The molecule has 1 fully saturated rings. The van der Waals surface area contributed by atoms with Crippen LogP contribution in [0.5, 0.6) is 0 Å². The van der Waals surface area contributed by atoms with E-state index < -0.39 is 82.2 Å². The lowest BCUT2D eigenvalue weighted by atomic mass is 10.2. The fourth-order valence-corrected chi connectivity index (χ4v) is 4.39. The van der Waals surface area contributed by atoms with Crippen molar-refractivity contribution < 1.29 is 77.3 Å². The van der Waals surface area contributed by atoms with Gasteiger partial charge < -0.3 is 19.2 Å². The van der Waals surface area contributed by atoms with Gasteiger partial charge in [-0.15, -0.1) is 0 Å². The largest absolute Gasteiger partial charge is 0.449 e. The molecule has 1 aliphatic heterocycles. The van der Waals surface area contributed by atoms with Gasteiger partial charge in [0.25, 0.3) is 26.1 Å². The molecule has 0 aromatic heterocycles. The molecular weight excluding hydrogens is 478 g/mol. The van der Waals surface area contributed by atoms with Crippen LogP contribution in [0, 0.1) is 0 Å². The molecule has 0 aromatic rings. The Hall–Kier alpha value is -2.27. The van der Waals surface area contributed by atoms with Crippen LogP contribution < -0.4 is 0 Å². The molecule has 1 rings (SSSR count). The molecular formula is C8H9NO17S3. The molecule has 2 amide bonds. The first-order chi connectivity index (χ1) is 12.8. The minimum Gasteiger partial charge on any atom is -0.379 e. The highest BCUT2D eigenvalue weighted by molar-refractivity contribution is 8.06. The third kappa shape index (κ3) is 4.67. The molecule has 1 aliphatic rings. The van der Waals surface area contributed by atoms with Gasteiger partial charge in [-0.3, -0.25) is 23.2 Å². The van der Waals surface area contributed by atoms with Crippen molar-refractivity contribution in [1.29, 1.82) is 0 Å². The monoisotopic (exact) mass is 487 g/mol. The molecule has 18 nitrogen and oxygen atoms in total. The highest BCUT2D eigenvalue weighted by atomic mass is 32.3. The predicted octanol–water partition coefficient (Wildman–Crippen LogP) is -5.26. The van der Waals surface area contributed by atoms with Crippen LogP contribution in [0.4, 0.5) is 0 Å². The van der Waals surface area contributed by atoms with E-state index in [0.29, 0.717) is 0 Å². The van der Waals surface area contributed by atoms with Crippen molar-refractivity contribution in [2.45, 2.75) is 22.7 Å². The fraction of sp³-hybridized carbons (Fsp3) is 0.500. The summed E-state index contributed by atoms with van der Waals surface area (Å²) in [4.78, 5) is 50.2. The summed E-state index contributed by atoms with van der Waals surface area (Å²) >= 11 is 0. The maximum Gasteiger partial charge on any atom is 0.449 e. The molecule has 0 spiro atoms. The molecule has 0 radical (unpaired) electrons. The lowest BCUT2D eigenvalue weighted by Crippen LogP contribution is -2.53. The molecule has 166 valence electrons. The maximum atomic E-state index is 12.0. The zero-order chi connectivity index (χ0) is 23.2. The van der Waals surface area contributed by atoms with Gasteiger partial charge in [0, 0.05) is 0 Å². The van der Waals surface area contributed by atoms with Gasteiger partial charge in [-0.2, -0.15) is 25.3 Å². The summed E-state index contributed by atoms with van der Waals surface area (Å²) in [7, 11) is -17.6. The standard InChI is InChI=1S/C8H9NO17S3/c10-2-1-8(27(16,17)18,28(19,20)21)7(15)9(2)25-5(13)3(11)4(12)6(14)26-29(22,23)24/h3-4,11-12H,1H2,(H,16,17,18)(H,19,20,21)(H,22,23,24). The number of amides is 2. The number of rotatable bonds is 7. The van der Waals surface area contributed by atoms with E-state index in [2.05, 4.69) is 9.02 Å². The maximum absolute atomic E-state index is 12.0. The molecule has 0 bridgehead atoms. The Labute approximate surface area is 160 Å². The van der Waals surface area contributed by atoms with Gasteiger partial charge in [-0.05, 0) is 0 Å². The van der Waals surface area contributed by atoms with Crippen LogP contribution in [0.1, 0.15) is 6.42 Å². The van der Waals surface area contributed by atoms with Gasteiger partial charge in [0.2, 0.25) is 0 Å². The Kier molecular flexibility index (Phi) is 6.43. The number of aliphatic hydroxyl groups excluding tert-OH is 2. The summed E-state index contributed by atoms with van der Waals surface area (Å²) in [6.45, 7) is 0. The molecule has 1 heterocycles. The van der Waals surface area contributed by atoms with Gasteiger partial charge in [-0.25, -0.2) is 9.59 Å². The smallest absolute Gasteiger partial charge is 0.379 e. The van der Waals surface area contributed by atoms with Gasteiger partial charge in [0.15, 0.2) is 12.2 Å². The number of aliphatic hydroxyl groups is 2. The van der Waals surface area contributed by atoms with Crippen LogP contribution in [0.3, 0.4) is 0 Å². The molecule has 0 saturated carbocycles. The Morgan fingerprint density at radius 2 is 1.31 bits per heavy atom. The lowest BCUT2D eigenvalue weighted by Gasteiger charge is -2.21. The average molecular weight is 487 g/mol. The zero-order valence-corrected chi connectivity index (χ0v) is 15.6. The topological polar surface area (TPSA) is 294 Å². The van der Waals surface area contributed by atoms with Crippen molar-refractivity contribution in [3.05, 3.63) is 0 Å². The van der Waals surface area contributed by atoms with E-state index in [1.807, 2.05) is 0 Å². The first kappa shape index (κ1) is 24.8. The molecule has 2 atom stereocenters. The summed E-state index contributed by atoms with van der Waals surface area (Å²) < 4.78 is 91.0. The number of hydrogen-bond acceptors (Lipinski definition) is 14. The van der Waals surface area contributed by atoms with E-state index in [4.69, 9.17) is 13.7 Å². The van der Waals surface area contributed by atoms with Crippen molar-refractivity contribution in [3.63, 3.8) is 0 Å². The second-order valence-corrected chi connectivity index (χ2v) is 9.58. The minimum absolute atomic E-state index is 0.923. The van der Waals surface area contributed by atoms with E-state index in [9.17, 15) is 54.6 Å². The van der Waals surface area contributed by atoms with Crippen molar-refractivity contribution in [3.8, 4) is 0 Å². The van der Waals surface area contributed by atoms with E-state index in [1.165, 1.54) is 0 Å². The fourth-order valence-electron chi connectivity index (χ4n) is 1.80. The molecule has 29 heavy (non-hydrogen) atoms. The number of carbonyl (C=O) groups excluding carboxylic acids is 4. The normalized spacial score (nSPS) is 19.6. The molecule has 1 saturated heterocycles. The molecule has 2 unspecified atom stereocenters. The number of carbonyl (C=O) groups is 4.